The van der Waals surface area contributed by atoms with Gasteiger partial charge in [-0.25, -0.2) is 9.37 Å². The molecule has 0 unspecified atom stereocenters. The van der Waals surface area contributed by atoms with Crippen LogP contribution in [0, 0.1) is 5.82 Å². The third kappa shape index (κ3) is 2.62. The highest BCUT2D eigenvalue weighted by Gasteiger charge is 2.08. The van der Waals surface area contributed by atoms with Crippen LogP contribution in [0.2, 0.25) is 0 Å². The van der Waals surface area contributed by atoms with Gasteiger partial charge in [-0.15, -0.1) is 0 Å². The van der Waals surface area contributed by atoms with Crippen LogP contribution >= 0.6 is 27.3 Å². The van der Waals surface area contributed by atoms with E-state index in [0.717, 1.165) is 14.7 Å². The lowest BCUT2D eigenvalue weighted by Crippen LogP contribution is -1.94. The summed E-state index contributed by atoms with van der Waals surface area (Å²) in [6.07, 6.45) is 0. The lowest BCUT2D eigenvalue weighted by Gasteiger charge is -2.06. The number of nitrogens with one attached hydrogen (secondary N) is 1. The van der Waals surface area contributed by atoms with E-state index in [1.54, 1.807) is 19.2 Å². The van der Waals surface area contributed by atoms with Crippen molar-refractivity contribution in [1.82, 2.24) is 4.98 Å². The number of anilines is 2. The molecule has 0 aliphatic rings. The van der Waals surface area contributed by atoms with Gasteiger partial charge in [0.1, 0.15) is 11.6 Å². The molecular weight excluding hydrogens is 343 g/mol. The number of halogens is 2. The molecule has 0 saturated carbocycles. The zero-order valence-corrected chi connectivity index (χ0v) is 12.9. The molecule has 0 fully saturated rings. The van der Waals surface area contributed by atoms with Crippen LogP contribution in [-0.4, -0.2) is 12.1 Å². The third-order valence-electron chi connectivity index (χ3n) is 2.76. The normalized spacial score (nSPS) is 10.8. The Bertz CT molecular complexity index is 775. The maximum atomic E-state index is 13.8. The second kappa shape index (κ2) is 5.38. The standard InChI is InChI=1S/C14H10BrFN2OS/c1-19-9-3-4-10(16)11(7-9)17-14-18-12-6-8(15)2-5-13(12)20-14/h2-7H,1H3,(H,17,18). The van der Waals surface area contributed by atoms with Gasteiger partial charge in [-0.2, -0.15) is 0 Å². The molecule has 0 aliphatic carbocycles. The van der Waals surface area contributed by atoms with Gasteiger partial charge in [-0.1, -0.05) is 27.3 Å². The Morgan fingerprint density at radius 1 is 1.25 bits per heavy atom. The first-order chi connectivity index (χ1) is 9.65. The smallest absolute Gasteiger partial charge is 0.188 e. The van der Waals surface area contributed by atoms with Crippen LogP contribution in [0.15, 0.2) is 40.9 Å². The molecule has 0 spiro atoms. The Balaban J connectivity index is 1.96. The van der Waals surface area contributed by atoms with Gasteiger partial charge in [0, 0.05) is 10.5 Å². The van der Waals surface area contributed by atoms with Crippen molar-refractivity contribution in [2.24, 2.45) is 0 Å². The first-order valence-corrected chi connectivity index (χ1v) is 7.43. The highest BCUT2D eigenvalue weighted by atomic mass is 79.9. The molecule has 3 aromatic rings. The molecule has 6 heteroatoms. The van der Waals surface area contributed by atoms with Crippen LogP contribution in [0.1, 0.15) is 0 Å². The summed E-state index contributed by atoms with van der Waals surface area (Å²) in [7, 11) is 1.55. The van der Waals surface area contributed by atoms with Gasteiger partial charge < -0.3 is 10.1 Å². The Hall–Kier alpha value is -1.66. The largest absolute Gasteiger partial charge is 0.497 e. The fourth-order valence-electron chi connectivity index (χ4n) is 1.80. The van der Waals surface area contributed by atoms with E-state index in [-0.39, 0.29) is 5.82 Å². The van der Waals surface area contributed by atoms with Crippen molar-refractivity contribution in [3.8, 4) is 5.75 Å². The number of hydrogen-bond donors (Lipinski definition) is 1. The summed E-state index contributed by atoms with van der Waals surface area (Å²) in [5.41, 5.74) is 1.22. The van der Waals surface area contributed by atoms with E-state index in [4.69, 9.17) is 4.74 Å². The molecule has 0 bridgehead atoms. The quantitative estimate of drug-likeness (QED) is 0.723. The maximum Gasteiger partial charge on any atom is 0.188 e. The Labute approximate surface area is 127 Å². The molecule has 102 valence electrons. The number of methoxy groups -OCH3 is 1. The Kier molecular flexibility index (Phi) is 3.58. The van der Waals surface area contributed by atoms with Crippen molar-refractivity contribution < 1.29 is 9.13 Å². The molecule has 1 aromatic heterocycles. The van der Waals surface area contributed by atoms with Gasteiger partial charge in [0.2, 0.25) is 0 Å². The van der Waals surface area contributed by atoms with Gasteiger partial charge >= 0.3 is 0 Å². The number of aromatic nitrogens is 1. The van der Waals surface area contributed by atoms with Gasteiger partial charge in [0.05, 0.1) is 23.0 Å². The highest BCUT2D eigenvalue weighted by Crippen LogP contribution is 2.31. The number of fused-ring (bicyclic) bond motifs is 1. The molecule has 1 N–H and O–H groups in total. The lowest BCUT2D eigenvalue weighted by molar-refractivity contribution is 0.414. The molecule has 0 amide bonds. The van der Waals surface area contributed by atoms with Gasteiger partial charge in [-0.3, -0.25) is 0 Å². The van der Waals surface area contributed by atoms with Crippen LogP contribution in [0.5, 0.6) is 5.75 Å². The van der Waals surface area contributed by atoms with Gasteiger partial charge in [0.25, 0.3) is 0 Å². The van der Waals surface area contributed by atoms with E-state index in [1.165, 1.54) is 17.4 Å². The molecule has 0 saturated heterocycles. The predicted octanol–water partition coefficient (Wildman–Crippen LogP) is 4.95. The Morgan fingerprint density at radius 2 is 2.10 bits per heavy atom. The summed E-state index contributed by atoms with van der Waals surface area (Å²) in [4.78, 5) is 4.44. The van der Waals surface area contributed by atoms with Crippen molar-refractivity contribution in [2.75, 3.05) is 12.4 Å². The molecule has 0 atom stereocenters. The van der Waals surface area contributed by atoms with Crippen molar-refractivity contribution in [1.29, 1.82) is 0 Å². The minimum atomic E-state index is -0.341. The molecule has 2 aromatic carbocycles. The highest BCUT2D eigenvalue weighted by molar-refractivity contribution is 9.10. The summed E-state index contributed by atoms with van der Waals surface area (Å²) >= 11 is 4.88. The van der Waals surface area contributed by atoms with Crippen molar-refractivity contribution >= 4 is 48.3 Å². The average molecular weight is 353 g/mol. The first kappa shape index (κ1) is 13.3. The van der Waals surface area contributed by atoms with Gasteiger partial charge in [-0.05, 0) is 30.3 Å². The van der Waals surface area contributed by atoms with Gasteiger partial charge in [0.15, 0.2) is 5.13 Å². The monoisotopic (exact) mass is 352 g/mol. The van der Waals surface area contributed by atoms with Crippen LogP contribution in [0.3, 0.4) is 0 Å². The Morgan fingerprint density at radius 3 is 2.90 bits per heavy atom. The second-order valence-corrected chi connectivity index (χ2v) is 6.05. The zero-order chi connectivity index (χ0) is 14.1. The molecule has 3 nitrogen and oxygen atoms in total. The SMILES string of the molecule is COc1ccc(F)c(Nc2nc3cc(Br)ccc3s2)c1. The van der Waals surface area contributed by atoms with Crippen LogP contribution in [-0.2, 0) is 0 Å². The summed E-state index contributed by atoms with van der Waals surface area (Å²) in [5, 5.41) is 3.64. The number of benzene rings is 2. The van der Waals surface area contributed by atoms with E-state index in [0.29, 0.717) is 16.6 Å². The number of rotatable bonds is 3. The molecule has 0 aliphatic heterocycles. The topological polar surface area (TPSA) is 34.1 Å². The van der Waals surface area contributed by atoms with E-state index in [2.05, 4.69) is 26.2 Å². The fraction of sp³-hybridized carbons (Fsp3) is 0.0714. The zero-order valence-electron chi connectivity index (χ0n) is 10.5. The summed E-state index contributed by atoms with van der Waals surface area (Å²) in [6.45, 7) is 0. The van der Waals surface area contributed by atoms with Crippen LogP contribution < -0.4 is 10.1 Å². The van der Waals surface area contributed by atoms with Crippen molar-refractivity contribution in [2.45, 2.75) is 0 Å². The second-order valence-electron chi connectivity index (χ2n) is 4.10. The summed E-state index contributed by atoms with van der Waals surface area (Å²) < 4.78 is 20.9. The third-order valence-corrected chi connectivity index (χ3v) is 4.21. The van der Waals surface area contributed by atoms with E-state index in [9.17, 15) is 4.39 Å². The maximum absolute atomic E-state index is 13.8. The first-order valence-electron chi connectivity index (χ1n) is 5.82. The fourth-order valence-corrected chi connectivity index (χ4v) is 3.00. The van der Waals surface area contributed by atoms with E-state index < -0.39 is 0 Å². The molecule has 20 heavy (non-hydrogen) atoms. The van der Waals surface area contributed by atoms with E-state index in [1.807, 2.05) is 18.2 Å². The summed E-state index contributed by atoms with van der Waals surface area (Å²) in [5.74, 6) is 0.254. The minimum Gasteiger partial charge on any atom is -0.497 e. The van der Waals surface area contributed by atoms with Crippen LogP contribution in [0.25, 0.3) is 10.2 Å². The summed E-state index contributed by atoms with van der Waals surface area (Å²) in [6, 6.07) is 10.4. The molecule has 3 rings (SSSR count). The average Bonchev–Trinajstić information content (AvgIpc) is 2.82. The number of ether oxygens (including phenoxy) is 1. The number of thiazole rings is 1. The van der Waals surface area contributed by atoms with Crippen molar-refractivity contribution in [3.63, 3.8) is 0 Å². The molecule has 1 heterocycles. The van der Waals surface area contributed by atoms with E-state index >= 15 is 0 Å². The van der Waals surface area contributed by atoms with Crippen molar-refractivity contribution in [3.05, 3.63) is 46.7 Å². The minimum absolute atomic E-state index is 0.341. The molecular formula is C14H10BrFN2OS. The lowest BCUT2D eigenvalue weighted by atomic mass is 10.3. The predicted molar refractivity (Wildman–Crippen MR) is 83.6 cm³/mol. The number of hydrogen-bond acceptors (Lipinski definition) is 4. The van der Waals surface area contributed by atoms with Crippen LogP contribution in [0.4, 0.5) is 15.2 Å². The number of nitrogens with zero attached hydrogens (tertiary/aromatic N) is 1. The molecule has 0 radical (unpaired) electrons.